The maximum Gasteiger partial charge on any atom is 0.261 e. The third-order valence-electron chi connectivity index (χ3n) is 5.74. The van der Waals surface area contributed by atoms with E-state index < -0.39 is 6.04 Å². The predicted octanol–water partition coefficient (Wildman–Crippen LogP) is 3.90. The second-order valence-electron chi connectivity index (χ2n) is 8.08. The Balaban J connectivity index is 1.57. The van der Waals surface area contributed by atoms with Crippen molar-refractivity contribution >= 4 is 29.1 Å². The summed E-state index contributed by atoms with van der Waals surface area (Å²) in [7, 11) is 0. The van der Waals surface area contributed by atoms with Crippen LogP contribution < -0.4 is 10.6 Å². The summed E-state index contributed by atoms with van der Waals surface area (Å²) in [4.78, 5) is 41.2. The Morgan fingerprint density at radius 1 is 1.03 bits per heavy atom. The number of amides is 3. The fourth-order valence-electron chi connectivity index (χ4n) is 4.08. The average molecular weight is 466 g/mol. The first-order chi connectivity index (χ1) is 16.1. The van der Waals surface area contributed by atoms with Gasteiger partial charge >= 0.3 is 0 Å². The van der Waals surface area contributed by atoms with Crippen molar-refractivity contribution in [1.29, 1.82) is 0 Å². The highest BCUT2D eigenvalue weighted by atomic mass is 32.1. The van der Waals surface area contributed by atoms with E-state index in [1.807, 2.05) is 30.3 Å². The fourth-order valence-corrected chi connectivity index (χ4v) is 4.72. The van der Waals surface area contributed by atoms with Crippen molar-refractivity contribution in [2.45, 2.75) is 44.3 Å². The van der Waals surface area contributed by atoms with Gasteiger partial charge in [-0.05, 0) is 42.0 Å². The van der Waals surface area contributed by atoms with Gasteiger partial charge in [0.05, 0.1) is 17.7 Å². The fraction of sp³-hybridized carbons (Fsp3) is 0.320. The smallest absolute Gasteiger partial charge is 0.261 e. The Hall–Kier alpha value is -3.39. The number of hydrogen-bond acceptors (Lipinski definition) is 5. The topological polar surface area (TPSA) is 91.7 Å². The molecule has 7 nitrogen and oxygen atoms in total. The zero-order chi connectivity index (χ0) is 23.0. The predicted molar refractivity (Wildman–Crippen MR) is 125 cm³/mol. The van der Waals surface area contributed by atoms with Crippen LogP contribution in [0.5, 0.6) is 0 Å². The molecule has 0 radical (unpaired) electrons. The molecule has 0 bridgehead atoms. The summed E-state index contributed by atoms with van der Waals surface area (Å²) in [6.45, 7) is -0.0184. The average Bonchev–Trinajstić information content (AvgIpc) is 3.61. The van der Waals surface area contributed by atoms with Gasteiger partial charge in [-0.1, -0.05) is 49.2 Å². The molecule has 0 spiro atoms. The first-order valence-corrected chi connectivity index (χ1v) is 12.0. The number of furan rings is 1. The minimum atomic E-state index is -0.938. The SMILES string of the molecule is O=C(NCC(=O)N(Cc1ccccc1)C(C(=O)NC1CCCC1)c1ccco1)c1cccs1. The summed E-state index contributed by atoms with van der Waals surface area (Å²) in [6.07, 6.45) is 5.52. The number of carbonyl (C=O) groups is 3. The van der Waals surface area contributed by atoms with Crippen LogP contribution in [0.25, 0.3) is 0 Å². The molecule has 2 heterocycles. The number of thiophene rings is 1. The molecule has 1 aliphatic rings. The Morgan fingerprint density at radius 3 is 2.48 bits per heavy atom. The highest BCUT2D eigenvalue weighted by Crippen LogP contribution is 2.26. The first kappa shape index (κ1) is 22.8. The number of benzene rings is 1. The van der Waals surface area contributed by atoms with E-state index in [9.17, 15) is 14.4 Å². The lowest BCUT2D eigenvalue weighted by Crippen LogP contribution is -2.48. The second kappa shape index (κ2) is 11.0. The van der Waals surface area contributed by atoms with Crippen LogP contribution >= 0.6 is 11.3 Å². The van der Waals surface area contributed by atoms with Gasteiger partial charge in [-0.2, -0.15) is 0 Å². The van der Waals surface area contributed by atoms with Gasteiger partial charge in [0.1, 0.15) is 5.76 Å². The molecular formula is C25H27N3O4S. The van der Waals surface area contributed by atoms with Crippen LogP contribution in [0.3, 0.4) is 0 Å². The van der Waals surface area contributed by atoms with Crippen LogP contribution in [0.2, 0.25) is 0 Å². The van der Waals surface area contributed by atoms with Crippen molar-refractivity contribution in [3.63, 3.8) is 0 Å². The Labute approximate surface area is 196 Å². The van der Waals surface area contributed by atoms with E-state index in [2.05, 4.69) is 10.6 Å². The van der Waals surface area contributed by atoms with Crippen LogP contribution in [0.15, 0.2) is 70.7 Å². The molecule has 8 heteroatoms. The maximum atomic E-state index is 13.4. The molecule has 33 heavy (non-hydrogen) atoms. The molecule has 0 saturated heterocycles. The van der Waals surface area contributed by atoms with Crippen LogP contribution in [0, 0.1) is 0 Å². The highest BCUT2D eigenvalue weighted by molar-refractivity contribution is 7.12. The normalized spacial score (nSPS) is 14.5. The number of hydrogen-bond donors (Lipinski definition) is 2. The lowest BCUT2D eigenvalue weighted by molar-refractivity contribution is -0.141. The van der Waals surface area contributed by atoms with Crippen molar-refractivity contribution in [2.24, 2.45) is 0 Å². The molecule has 4 rings (SSSR count). The Morgan fingerprint density at radius 2 is 1.82 bits per heavy atom. The molecule has 0 aliphatic heterocycles. The van der Waals surface area contributed by atoms with Crippen LogP contribution in [0.4, 0.5) is 0 Å². The summed E-state index contributed by atoms with van der Waals surface area (Å²) >= 11 is 1.30. The third kappa shape index (κ3) is 5.90. The number of nitrogens with zero attached hydrogens (tertiary/aromatic N) is 1. The minimum absolute atomic E-state index is 0.0992. The van der Waals surface area contributed by atoms with Gasteiger partial charge < -0.3 is 20.0 Å². The van der Waals surface area contributed by atoms with E-state index in [0.717, 1.165) is 31.2 Å². The second-order valence-corrected chi connectivity index (χ2v) is 9.02. The summed E-state index contributed by atoms with van der Waals surface area (Å²) < 4.78 is 5.59. The Kier molecular flexibility index (Phi) is 7.57. The molecule has 172 valence electrons. The standard InChI is InChI=1S/C25H27N3O4S/c29-22(16-26-24(30)21-13-7-15-33-21)28(17-18-8-2-1-3-9-18)23(20-12-6-14-32-20)25(31)27-19-10-4-5-11-19/h1-3,6-9,12-15,19,23H,4-5,10-11,16-17H2,(H,26,30)(H,27,31). The van der Waals surface area contributed by atoms with E-state index in [1.165, 1.54) is 22.5 Å². The van der Waals surface area contributed by atoms with Crippen LogP contribution in [-0.2, 0) is 16.1 Å². The monoisotopic (exact) mass is 465 g/mol. The minimum Gasteiger partial charge on any atom is -0.467 e. The van der Waals surface area contributed by atoms with Crippen LogP contribution in [-0.4, -0.2) is 35.2 Å². The highest BCUT2D eigenvalue weighted by Gasteiger charge is 2.35. The molecule has 3 aromatic rings. The van der Waals surface area contributed by atoms with Crippen molar-refractivity contribution in [1.82, 2.24) is 15.5 Å². The zero-order valence-corrected chi connectivity index (χ0v) is 19.1. The first-order valence-electron chi connectivity index (χ1n) is 11.1. The summed E-state index contributed by atoms with van der Waals surface area (Å²) in [5.41, 5.74) is 0.876. The summed E-state index contributed by atoms with van der Waals surface area (Å²) in [5, 5.41) is 7.58. The molecule has 2 N–H and O–H groups in total. The van der Waals surface area contributed by atoms with E-state index in [-0.39, 0.29) is 36.9 Å². The van der Waals surface area contributed by atoms with Gasteiger partial charge in [0, 0.05) is 12.6 Å². The lowest BCUT2D eigenvalue weighted by atomic mass is 10.1. The van der Waals surface area contributed by atoms with Gasteiger partial charge in [0.25, 0.3) is 11.8 Å². The molecular weight excluding hydrogens is 438 g/mol. The molecule has 3 amide bonds. The van der Waals surface area contributed by atoms with Gasteiger partial charge in [-0.3, -0.25) is 14.4 Å². The molecule has 1 atom stereocenters. The van der Waals surface area contributed by atoms with Crippen molar-refractivity contribution < 1.29 is 18.8 Å². The van der Waals surface area contributed by atoms with E-state index >= 15 is 0 Å². The summed E-state index contributed by atoms with van der Waals surface area (Å²) in [6, 6.07) is 15.5. The molecule has 2 aromatic heterocycles. The number of rotatable bonds is 9. The van der Waals surface area contributed by atoms with Gasteiger partial charge in [0.15, 0.2) is 6.04 Å². The van der Waals surface area contributed by atoms with E-state index in [0.29, 0.717) is 10.6 Å². The molecule has 1 aromatic carbocycles. The number of carbonyl (C=O) groups excluding carboxylic acids is 3. The van der Waals surface area contributed by atoms with E-state index in [1.54, 1.807) is 29.6 Å². The lowest BCUT2D eigenvalue weighted by Gasteiger charge is -2.31. The zero-order valence-electron chi connectivity index (χ0n) is 18.2. The quantitative estimate of drug-likeness (QED) is 0.501. The van der Waals surface area contributed by atoms with E-state index in [4.69, 9.17) is 4.42 Å². The van der Waals surface area contributed by atoms with Crippen molar-refractivity contribution in [2.75, 3.05) is 6.54 Å². The molecule has 1 unspecified atom stereocenters. The largest absolute Gasteiger partial charge is 0.467 e. The third-order valence-corrected chi connectivity index (χ3v) is 6.60. The molecule has 1 fully saturated rings. The van der Waals surface area contributed by atoms with Gasteiger partial charge in [0.2, 0.25) is 5.91 Å². The number of nitrogens with one attached hydrogen (secondary N) is 2. The van der Waals surface area contributed by atoms with Gasteiger partial charge in [-0.25, -0.2) is 0 Å². The Bertz CT molecular complexity index is 1040. The maximum absolute atomic E-state index is 13.4. The van der Waals surface area contributed by atoms with Gasteiger partial charge in [-0.15, -0.1) is 11.3 Å². The van der Waals surface area contributed by atoms with Crippen molar-refractivity contribution in [3.05, 3.63) is 82.4 Å². The van der Waals surface area contributed by atoms with Crippen molar-refractivity contribution in [3.8, 4) is 0 Å². The van der Waals surface area contributed by atoms with Crippen LogP contribution in [0.1, 0.15) is 52.7 Å². The molecule has 1 aliphatic carbocycles. The molecule has 1 saturated carbocycles. The summed E-state index contributed by atoms with van der Waals surface area (Å²) in [5.74, 6) is -0.570.